The minimum absolute atomic E-state index is 0.0150. The standard InChI is InChI=1S/C27H40N2O6/c1-26-13-12-23(35-25(34)28-18-7-4-3-5-8-18)27(2,17-31)22(26)11-10-21(32)20(26)15-24(33)29-14-6-9-19(29)16-30/h3-5,7-8,19-23,30-32H,6,9-17H2,1-2H3,(H,28,34)/t19-,20+,21+,22+,23+,26-,27-/m0/s1. The van der Waals surface area contributed by atoms with Gasteiger partial charge in [-0.2, -0.15) is 0 Å². The lowest BCUT2D eigenvalue weighted by Gasteiger charge is -2.60. The molecule has 0 bridgehead atoms. The van der Waals surface area contributed by atoms with E-state index in [0.717, 1.165) is 12.8 Å². The van der Waals surface area contributed by atoms with Crippen molar-refractivity contribution in [2.24, 2.45) is 22.7 Å². The summed E-state index contributed by atoms with van der Waals surface area (Å²) in [6.45, 7) is 4.55. The number of para-hydroxylation sites is 1. The van der Waals surface area contributed by atoms with Gasteiger partial charge in [0.1, 0.15) is 6.10 Å². The molecule has 7 atom stereocenters. The Bertz CT molecular complexity index is 897. The van der Waals surface area contributed by atoms with Gasteiger partial charge >= 0.3 is 6.09 Å². The van der Waals surface area contributed by atoms with Crippen molar-refractivity contribution in [2.45, 2.75) is 77.0 Å². The third kappa shape index (κ3) is 4.93. The van der Waals surface area contributed by atoms with Gasteiger partial charge in [-0.25, -0.2) is 4.79 Å². The van der Waals surface area contributed by atoms with Gasteiger partial charge in [-0.15, -0.1) is 0 Å². The molecule has 3 aliphatic rings. The fraction of sp³-hybridized carbons (Fsp3) is 0.704. The number of hydrogen-bond acceptors (Lipinski definition) is 6. The minimum atomic E-state index is -0.691. The number of likely N-dealkylation sites (tertiary alicyclic amines) is 1. The summed E-state index contributed by atoms with van der Waals surface area (Å²) in [5.41, 5.74) is -0.426. The lowest BCUT2D eigenvalue weighted by atomic mass is 9.46. The molecule has 1 aromatic rings. The van der Waals surface area contributed by atoms with E-state index in [1.165, 1.54) is 0 Å². The average Bonchev–Trinajstić information content (AvgIpc) is 3.33. The molecule has 1 aromatic carbocycles. The number of anilines is 1. The summed E-state index contributed by atoms with van der Waals surface area (Å²) in [6.07, 6.45) is 2.78. The Morgan fingerprint density at radius 3 is 2.54 bits per heavy atom. The van der Waals surface area contributed by atoms with Crippen LogP contribution in [0.3, 0.4) is 0 Å². The number of aliphatic hydroxyl groups is 3. The van der Waals surface area contributed by atoms with E-state index in [0.29, 0.717) is 37.9 Å². The van der Waals surface area contributed by atoms with Gasteiger partial charge in [0.2, 0.25) is 5.91 Å². The van der Waals surface area contributed by atoms with Gasteiger partial charge in [0, 0.05) is 24.1 Å². The minimum Gasteiger partial charge on any atom is -0.445 e. The van der Waals surface area contributed by atoms with Crippen LogP contribution in [-0.2, 0) is 9.53 Å². The predicted octanol–water partition coefficient (Wildman–Crippen LogP) is 3.16. The van der Waals surface area contributed by atoms with Crippen LogP contribution in [0.5, 0.6) is 0 Å². The summed E-state index contributed by atoms with van der Waals surface area (Å²) in [5, 5.41) is 34.0. The van der Waals surface area contributed by atoms with Crippen molar-refractivity contribution in [1.82, 2.24) is 4.90 Å². The largest absolute Gasteiger partial charge is 0.445 e. The first-order valence-electron chi connectivity index (χ1n) is 12.9. The van der Waals surface area contributed by atoms with Crippen LogP contribution in [-0.4, -0.2) is 70.2 Å². The normalized spacial score (nSPS) is 36.9. The van der Waals surface area contributed by atoms with Gasteiger partial charge in [0.15, 0.2) is 0 Å². The molecule has 0 radical (unpaired) electrons. The third-order valence-electron chi connectivity index (χ3n) is 9.25. The van der Waals surface area contributed by atoms with Crippen LogP contribution in [0.1, 0.15) is 58.8 Å². The first-order valence-corrected chi connectivity index (χ1v) is 12.9. The van der Waals surface area contributed by atoms with Crippen LogP contribution < -0.4 is 5.32 Å². The molecular weight excluding hydrogens is 448 g/mol. The number of fused-ring (bicyclic) bond motifs is 1. The summed E-state index contributed by atoms with van der Waals surface area (Å²) in [6, 6.07) is 8.97. The van der Waals surface area contributed by atoms with Crippen molar-refractivity contribution in [1.29, 1.82) is 0 Å². The summed E-state index contributed by atoms with van der Waals surface area (Å²) in [5.74, 6) is -0.283. The molecular formula is C27H40N2O6. The van der Waals surface area contributed by atoms with Gasteiger partial charge in [0.05, 0.1) is 25.4 Å². The topological polar surface area (TPSA) is 119 Å². The van der Waals surface area contributed by atoms with E-state index < -0.39 is 23.7 Å². The van der Waals surface area contributed by atoms with Crippen molar-refractivity contribution < 1.29 is 29.6 Å². The highest BCUT2D eigenvalue weighted by atomic mass is 16.6. The molecule has 35 heavy (non-hydrogen) atoms. The van der Waals surface area contributed by atoms with E-state index in [-0.39, 0.29) is 48.8 Å². The molecule has 8 heteroatoms. The van der Waals surface area contributed by atoms with Crippen molar-refractivity contribution in [2.75, 3.05) is 25.1 Å². The van der Waals surface area contributed by atoms with Gasteiger partial charge in [-0.05, 0) is 67.9 Å². The molecule has 0 aromatic heterocycles. The van der Waals surface area contributed by atoms with Crippen LogP contribution in [0.4, 0.5) is 10.5 Å². The monoisotopic (exact) mass is 488 g/mol. The molecule has 3 fully saturated rings. The van der Waals surface area contributed by atoms with Crippen LogP contribution >= 0.6 is 0 Å². The molecule has 8 nitrogen and oxygen atoms in total. The summed E-state index contributed by atoms with van der Waals surface area (Å²) in [7, 11) is 0. The van der Waals surface area contributed by atoms with Gasteiger partial charge < -0.3 is 25.0 Å². The number of aliphatic hydroxyl groups excluding tert-OH is 3. The fourth-order valence-electron chi connectivity index (χ4n) is 7.24. The number of benzene rings is 1. The Morgan fingerprint density at radius 1 is 1.11 bits per heavy atom. The van der Waals surface area contributed by atoms with Crippen molar-refractivity contribution >= 4 is 17.7 Å². The van der Waals surface area contributed by atoms with E-state index in [9.17, 15) is 24.9 Å². The Labute approximate surface area is 207 Å². The molecule has 0 unspecified atom stereocenters. The van der Waals surface area contributed by atoms with Crippen molar-refractivity contribution in [3.8, 4) is 0 Å². The van der Waals surface area contributed by atoms with E-state index in [4.69, 9.17) is 4.74 Å². The highest BCUT2D eigenvalue weighted by molar-refractivity contribution is 5.84. The van der Waals surface area contributed by atoms with Gasteiger partial charge in [-0.1, -0.05) is 32.0 Å². The molecule has 4 rings (SSSR count). The maximum atomic E-state index is 13.2. The molecule has 2 saturated carbocycles. The smallest absolute Gasteiger partial charge is 0.411 e. The zero-order chi connectivity index (χ0) is 25.2. The lowest BCUT2D eigenvalue weighted by Crippen LogP contribution is -2.61. The Morgan fingerprint density at radius 2 is 1.86 bits per heavy atom. The van der Waals surface area contributed by atoms with Crippen molar-refractivity contribution in [3.05, 3.63) is 30.3 Å². The van der Waals surface area contributed by atoms with E-state index in [1.807, 2.05) is 25.1 Å². The highest BCUT2D eigenvalue weighted by Crippen LogP contribution is 2.61. The SMILES string of the molecule is C[C@]1(CO)[C@@H]2CC[C@@H](O)[C@@H](CC(=O)N3CCC[C@H]3CO)[C@]2(C)CC[C@H]1OC(=O)Nc1ccccc1. The van der Waals surface area contributed by atoms with E-state index >= 15 is 0 Å². The van der Waals surface area contributed by atoms with Crippen LogP contribution in [0, 0.1) is 22.7 Å². The maximum Gasteiger partial charge on any atom is 0.411 e. The number of carbonyl (C=O) groups excluding carboxylic acids is 2. The van der Waals surface area contributed by atoms with Crippen LogP contribution in [0.2, 0.25) is 0 Å². The first-order chi connectivity index (χ1) is 16.7. The third-order valence-corrected chi connectivity index (χ3v) is 9.25. The number of rotatable bonds is 6. The molecule has 1 saturated heterocycles. The molecule has 1 heterocycles. The highest BCUT2D eigenvalue weighted by Gasteiger charge is 2.60. The van der Waals surface area contributed by atoms with Gasteiger partial charge in [-0.3, -0.25) is 10.1 Å². The second-order valence-corrected chi connectivity index (χ2v) is 11.2. The number of amides is 2. The second kappa shape index (κ2) is 10.4. The Balaban J connectivity index is 1.50. The van der Waals surface area contributed by atoms with E-state index in [1.54, 1.807) is 17.0 Å². The molecule has 4 N–H and O–H groups in total. The first kappa shape index (κ1) is 25.9. The molecule has 0 spiro atoms. The summed E-state index contributed by atoms with van der Waals surface area (Å²) >= 11 is 0. The molecule has 194 valence electrons. The summed E-state index contributed by atoms with van der Waals surface area (Å²) < 4.78 is 5.87. The Hall–Kier alpha value is -2.16. The van der Waals surface area contributed by atoms with Crippen molar-refractivity contribution in [3.63, 3.8) is 0 Å². The molecule has 1 aliphatic heterocycles. The number of carbonyl (C=O) groups is 2. The van der Waals surface area contributed by atoms with E-state index in [2.05, 4.69) is 12.2 Å². The lowest BCUT2D eigenvalue weighted by molar-refractivity contribution is -0.186. The average molecular weight is 489 g/mol. The number of ether oxygens (including phenoxy) is 1. The predicted molar refractivity (Wildman–Crippen MR) is 132 cm³/mol. The Kier molecular flexibility index (Phi) is 7.74. The van der Waals surface area contributed by atoms with Gasteiger partial charge in [0.25, 0.3) is 0 Å². The van der Waals surface area contributed by atoms with Crippen LogP contribution in [0.25, 0.3) is 0 Å². The maximum absolute atomic E-state index is 13.2. The van der Waals surface area contributed by atoms with Crippen LogP contribution in [0.15, 0.2) is 30.3 Å². The summed E-state index contributed by atoms with van der Waals surface area (Å²) in [4.78, 5) is 27.7. The zero-order valence-corrected chi connectivity index (χ0v) is 20.9. The second-order valence-electron chi connectivity index (χ2n) is 11.2. The quantitative estimate of drug-likeness (QED) is 0.488. The number of nitrogens with one attached hydrogen (secondary N) is 1. The fourth-order valence-corrected chi connectivity index (χ4v) is 7.24. The molecule has 2 aliphatic carbocycles. The zero-order valence-electron chi connectivity index (χ0n) is 20.9. The molecule has 2 amide bonds. The number of hydrogen-bond donors (Lipinski definition) is 4. The number of nitrogens with zero attached hydrogens (tertiary/aromatic N) is 1.